The molecule has 0 aromatic rings. The van der Waals surface area contributed by atoms with Crippen LogP contribution in [-0.4, -0.2) is 23.3 Å². The maximum Gasteiger partial charge on any atom is 0.342 e. The van der Waals surface area contributed by atoms with Crippen LogP contribution in [0.15, 0.2) is 12.2 Å². The van der Waals surface area contributed by atoms with Crippen molar-refractivity contribution in [2.24, 2.45) is 0 Å². The fourth-order valence-corrected chi connectivity index (χ4v) is 0.953. The highest BCUT2D eigenvalue weighted by Crippen LogP contribution is 2.17. The van der Waals surface area contributed by atoms with Crippen molar-refractivity contribution in [2.75, 3.05) is 6.61 Å². The molecular weight excluding hydrogens is 144 g/mol. The molecule has 0 aliphatic carbocycles. The van der Waals surface area contributed by atoms with Crippen LogP contribution in [0, 0.1) is 0 Å². The third-order valence-corrected chi connectivity index (χ3v) is 1.80. The molecule has 1 atom stereocenters. The van der Waals surface area contributed by atoms with E-state index in [1.807, 2.05) is 0 Å². The molecule has 3 nitrogen and oxygen atoms in total. The average Bonchev–Trinajstić information content (AvgIpc) is 2.16. The minimum Gasteiger partial charge on any atom is -0.463 e. The Kier molecular flexibility index (Phi) is 2.29. The molecule has 11 heavy (non-hydrogen) atoms. The van der Waals surface area contributed by atoms with Gasteiger partial charge in [-0.1, -0.05) is 13.0 Å². The summed E-state index contributed by atoms with van der Waals surface area (Å²) in [6, 6.07) is 0. The van der Waals surface area contributed by atoms with Crippen molar-refractivity contribution in [2.45, 2.75) is 25.4 Å². The monoisotopic (exact) mass is 156 g/mol. The normalized spacial score (nSPS) is 31.3. The van der Waals surface area contributed by atoms with Crippen LogP contribution in [-0.2, 0) is 9.53 Å². The second-order valence-corrected chi connectivity index (χ2v) is 2.60. The summed E-state index contributed by atoms with van der Waals surface area (Å²) >= 11 is 0. The van der Waals surface area contributed by atoms with Crippen LogP contribution < -0.4 is 0 Å². The van der Waals surface area contributed by atoms with Crippen molar-refractivity contribution < 1.29 is 14.6 Å². The molecule has 0 aromatic carbocycles. The lowest BCUT2D eigenvalue weighted by Crippen LogP contribution is -2.36. The van der Waals surface area contributed by atoms with Gasteiger partial charge in [0.15, 0.2) is 5.60 Å². The highest BCUT2D eigenvalue weighted by atomic mass is 16.5. The molecule has 0 bridgehead atoms. The lowest BCUT2D eigenvalue weighted by atomic mass is 10.0. The number of carbonyl (C=O) groups is 1. The molecule has 0 spiro atoms. The summed E-state index contributed by atoms with van der Waals surface area (Å²) < 4.78 is 4.76. The molecular formula is C8H12O3. The first-order valence-corrected chi connectivity index (χ1v) is 3.76. The zero-order valence-corrected chi connectivity index (χ0v) is 6.54. The summed E-state index contributed by atoms with van der Waals surface area (Å²) in [5, 5.41) is 9.57. The zero-order chi connectivity index (χ0) is 8.32. The van der Waals surface area contributed by atoms with Gasteiger partial charge in [-0.05, 0) is 18.9 Å². The molecule has 0 fully saturated rings. The third kappa shape index (κ3) is 1.60. The first kappa shape index (κ1) is 8.27. The van der Waals surface area contributed by atoms with Gasteiger partial charge in [-0.3, -0.25) is 0 Å². The fourth-order valence-electron chi connectivity index (χ4n) is 0.953. The summed E-state index contributed by atoms with van der Waals surface area (Å²) in [7, 11) is 0. The zero-order valence-electron chi connectivity index (χ0n) is 6.54. The summed E-state index contributed by atoms with van der Waals surface area (Å²) in [5.74, 6) is -0.534. The van der Waals surface area contributed by atoms with Gasteiger partial charge in [0.25, 0.3) is 0 Å². The van der Waals surface area contributed by atoms with Crippen LogP contribution in [0.3, 0.4) is 0 Å². The van der Waals surface area contributed by atoms with Crippen LogP contribution in [0.2, 0.25) is 0 Å². The predicted molar refractivity (Wildman–Crippen MR) is 40.0 cm³/mol. The van der Waals surface area contributed by atoms with Gasteiger partial charge in [-0.2, -0.15) is 0 Å². The van der Waals surface area contributed by atoms with Gasteiger partial charge in [-0.15, -0.1) is 0 Å². The Balaban J connectivity index is 2.80. The first-order chi connectivity index (χ1) is 5.19. The van der Waals surface area contributed by atoms with E-state index in [0.717, 1.165) is 0 Å². The fraction of sp³-hybridized carbons (Fsp3) is 0.625. The number of ether oxygens (including phenoxy) is 1. The van der Waals surface area contributed by atoms with Gasteiger partial charge in [-0.25, -0.2) is 4.79 Å². The quantitative estimate of drug-likeness (QED) is 0.447. The molecule has 3 heteroatoms. The molecule has 1 aliphatic heterocycles. The van der Waals surface area contributed by atoms with Crippen molar-refractivity contribution in [3.05, 3.63) is 12.2 Å². The van der Waals surface area contributed by atoms with E-state index in [4.69, 9.17) is 4.74 Å². The van der Waals surface area contributed by atoms with Crippen molar-refractivity contribution in [1.82, 2.24) is 0 Å². The molecule has 1 aliphatic rings. The second kappa shape index (κ2) is 3.05. The van der Waals surface area contributed by atoms with E-state index in [9.17, 15) is 9.90 Å². The molecule has 0 saturated carbocycles. The molecule has 1 heterocycles. The Hall–Kier alpha value is -0.830. The number of hydrogen-bond acceptors (Lipinski definition) is 3. The van der Waals surface area contributed by atoms with Gasteiger partial charge in [0.2, 0.25) is 0 Å². The predicted octanol–water partition coefficient (Wildman–Crippen LogP) is 0.631. The number of carbonyl (C=O) groups excluding carboxylic acids is 1. The molecule has 1 rings (SSSR count). The van der Waals surface area contributed by atoms with E-state index in [1.54, 1.807) is 13.0 Å². The minimum absolute atomic E-state index is 0.363. The van der Waals surface area contributed by atoms with E-state index in [1.165, 1.54) is 6.08 Å². The SMILES string of the molecule is CC[C@@]1(O)C=CCCOC1=O. The molecule has 1 N–H and O–H groups in total. The van der Waals surface area contributed by atoms with Crippen molar-refractivity contribution >= 4 is 5.97 Å². The molecule has 0 aromatic heterocycles. The van der Waals surface area contributed by atoms with E-state index in [0.29, 0.717) is 19.4 Å². The van der Waals surface area contributed by atoms with Crippen LogP contribution in [0.1, 0.15) is 19.8 Å². The third-order valence-electron chi connectivity index (χ3n) is 1.80. The smallest absolute Gasteiger partial charge is 0.342 e. The lowest BCUT2D eigenvalue weighted by molar-refractivity contribution is -0.159. The number of esters is 1. The van der Waals surface area contributed by atoms with Gasteiger partial charge in [0.1, 0.15) is 0 Å². The number of cyclic esters (lactones) is 1. The summed E-state index contributed by atoms with van der Waals surface area (Å²) in [6.45, 7) is 2.12. The van der Waals surface area contributed by atoms with Crippen LogP contribution in [0.25, 0.3) is 0 Å². The Bertz CT molecular complexity index is 186. The van der Waals surface area contributed by atoms with Crippen LogP contribution >= 0.6 is 0 Å². The Morgan fingerprint density at radius 3 is 3.18 bits per heavy atom. The van der Waals surface area contributed by atoms with E-state index in [-0.39, 0.29) is 0 Å². The van der Waals surface area contributed by atoms with E-state index >= 15 is 0 Å². The van der Waals surface area contributed by atoms with Crippen molar-refractivity contribution in [3.63, 3.8) is 0 Å². The lowest BCUT2D eigenvalue weighted by Gasteiger charge is -2.18. The van der Waals surface area contributed by atoms with Crippen LogP contribution in [0.5, 0.6) is 0 Å². The van der Waals surface area contributed by atoms with Gasteiger partial charge >= 0.3 is 5.97 Å². The highest BCUT2D eigenvalue weighted by molar-refractivity contribution is 5.81. The van der Waals surface area contributed by atoms with Crippen molar-refractivity contribution in [1.29, 1.82) is 0 Å². The molecule has 0 amide bonds. The first-order valence-electron chi connectivity index (χ1n) is 3.76. The van der Waals surface area contributed by atoms with Crippen LogP contribution in [0.4, 0.5) is 0 Å². The molecule has 0 radical (unpaired) electrons. The largest absolute Gasteiger partial charge is 0.463 e. The van der Waals surface area contributed by atoms with Gasteiger partial charge in [0, 0.05) is 0 Å². The topological polar surface area (TPSA) is 46.5 Å². The Morgan fingerprint density at radius 1 is 1.82 bits per heavy atom. The highest BCUT2D eigenvalue weighted by Gasteiger charge is 2.33. The Morgan fingerprint density at radius 2 is 2.55 bits per heavy atom. The Labute approximate surface area is 65.7 Å². The summed E-state index contributed by atoms with van der Waals surface area (Å²) in [5.41, 5.74) is -1.38. The number of rotatable bonds is 1. The standard InChI is InChI=1S/C8H12O3/c1-2-8(10)5-3-4-6-11-7(8)9/h3,5,10H,2,4,6H2,1H3/t8-/m1/s1. The van der Waals surface area contributed by atoms with E-state index < -0.39 is 11.6 Å². The van der Waals surface area contributed by atoms with E-state index in [2.05, 4.69) is 0 Å². The molecule has 62 valence electrons. The second-order valence-electron chi connectivity index (χ2n) is 2.60. The van der Waals surface area contributed by atoms with Gasteiger partial charge in [0.05, 0.1) is 6.61 Å². The summed E-state index contributed by atoms with van der Waals surface area (Å²) in [4.78, 5) is 11.0. The summed E-state index contributed by atoms with van der Waals surface area (Å²) in [6.07, 6.45) is 4.34. The average molecular weight is 156 g/mol. The minimum atomic E-state index is -1.38. The molecule has 0 unspecified atom stereocenters. The van der Waals surface area contributed by atoms with Crippen molar-refractivity contribution in [3.8, 4) is 0 Å². The van der Waals surface area contributed by atoms with Gasteiger partial charge < -0.3 is 9.84 Å². The number of hydrogen-bond donors (Lipinski definition) is 1. The maximum absolute atomic E-state index is 11.0. The number of aliphatic hydroxyl groups is 1. The molecule has 0 saturated heterocycles. The maximum atomic E-state index is 11.0.